The quantitative estimate of drug-likeness (QED) is 0.854. The fraction of sp³-hybridized carbons (Fsp3) is 0.417. The van der Waals surface area contributed by atoms with Gasteiger partial charge in [0.1, 0.15) is 12.1 Å². The first kappa shape index (κ1) is 11.6. The molecule has 0 spiro atoms. The standard InChI is InChI=1S/C12H17N5/c1-5-10-8(3)16-17(9(10)4)12-7(2)11(13)14-6-15-12/h6H,5H2,1-4H3,(H2,13,14,15). The van der Waals surface area contributed by atoms with Gasteiger partial charge in [0.05, 0.1) is 5.69 Å². The topological polar surface area (TPSA) is 69.6 Å². The lowest BCUT2D eigenvalue weighted by atomic mass is 10.1. The number of hydrogen-bond acceptors (Lipinski definition) is 4. The van der Waals surface area contributed by atoms with E-state index < -0.39 is 0 Å². The fourth-order valence-electron chi connectivity index (χ4n) is 2.06. The first-order valence-corrected chi connectivity index (χ1v) is 5.68. The van der Waals surface area contributed by atoms with E-state index >= 15 is 0 Å². The van der Waals surface area contributed by atoms with Gasteiger partial charge in [-0.05, 0) is 32.8 Å². The Morgan fingerprint density at radius 1 is 1.24 bits per heavy atom. The van der Waals surface area contributed by atoms with Gasteiger partial charge in [-0.3, -0.25) is 0 Å². The molecule has 0 unspecified atom stereocenters. The smallest absolute Gasteiger partial charge is 0.162 e. The van der Waals surface area contributed by atoms with Crippen molar-refractivity contribution in [2.75, 3.05) is 5.73 Å². The van der Waals surface area contributed by atoms with Crippen molar-refractivity contribution in [1.82, 2.24) is 19.7 Å². The molecule has 17 heavy (non-hydrogen) atoms. The average molecular weight is 231 g/mol. The van der Waals surface area contributed by atoms with Crippen LogP contribution in [0, 0.1) is 20.8 Å². The highest BCUT2D eigenvalue weighted by atomic mass is 15.3. The van der Waals surface area contributed by atoms with Crippen molar-refractivity contribution in [3.05, 3.63) is 28.8 Å². The molecular weight excluding hydrogens is 214 g/mol. The van der Waals surface area contributed by atoms with Crippen LogP contribution in [0.4, 0.5) is 5.82 Å². The van der Waals surface area contributed by atoms with E-state index in [1.165, 1.54) is 11.9 Å². The van der Waals surface area contributed by atoms with Gasteiger partial charge in [0, 0.05) is 11.3 Å². The highest BCUT2D eigenvalue weighted by Gasteiger charge is 2.14. The van der Waals surface area contributed by atoms with Crippen molar-refractivity contribution < 1.29 is 0 Å². The third kappa shape index (κ3) is 1.77. The highest BCUT2D eigenvalue weighted by molar-refractivity contribution is 5.48. The Hall–Kier alpha value is -1.91. The normalized spacial score (nSPS) is 10.8. The second-order valence-corrected chi connectivity index (χ2v) is 4.12. The van der Waals surface area contributed by atoms with E-state index in [-0.39, 0.29) is 0 Å². The molecule has 0 saturated heterocycles. The van der Waals surface area contributed by atoms with Gasteiger partial charge in [0.2, 0.25) is 0 Å². The molecule has 0 amide bonds. The van der Waals surface area contributed by atoms with Crippen LogP contribution in [0.1, 0.15) is 29.4 Å². The maximum atomic E-state index is 5.79. The lowest BCUT2D eigenvalue weighted by Crippen LogP contribution is -2.08. The zero-order chi connectivity index (χ0) is 12.6. The second kappa shape index (κ2) is 4.16. The van der Waals surface area contributed by atoms with Crippen LogP contribution in [-0.2, 0) is 6.42 Å². The zero-order valence-corrected chi connectivity index (χ0v) is 10.7. The molecule has 2 rings (SSSR count). The minimum atomic E-state index is 0.501. The third-order valence-corrected chi connectivity index (χ3v) is 3.09. The van der Waals surface area contributed by atoms with Crippen LogP contribution in [0.5, 0.6) is 0 Å². The molecule has 90 valence electrons. The van der Waals surface area contributed by atoms with E-state index in [1.807, 2.05) is 18.5 Å². The van der Waals surface area contributed by atoms with Crippen LogP contribution < -0.4 is 5.73 Å². The Kier molecular flexibility index (Phi) is 2.83. The molecule has 0 atom stereocenters. The molecule has 0 fully saturated rings. The predicted molar refractivity (Wildman–Crippen MR) is 67.2 cm³/mol. The Morgan fingerprint density at radius 3 is 2.53 bits per heavy atom. The molecule has 0 aliphatic carbocycles. The number of hydrogen-bond donors (Lipinski definition) is 1. The van der Waals surface area contributed by atoms with Crippen LogP contribution >= 0.6 is 0 Å². The summed E-state index contributed by atoms with van der Waals surface area (Å²) in [4.78, 5) is 8.24. The molecule has 0 aliphatic heterocycles. The van der Waals surface area contributed by atoms with E-state index in [0.717, 1.165) is 29.2 Å². The van der Waals surface area contributed by atoms with Gasteiger partial charge in [0.25, 0.3) is 0 Å². The number of nitrogens with zero attached hydrogens (tertiary/aromatic N) is 4. The van der Waals surface area contributed by atoms with E-state index in [9.17, 15) is 0 Å². The van der Waals surface area contributed by atoms with Gasteiger partial charge in [-0.1, -0.05) is 6.92 Å². The monoisotopic (exact) mass is 231 g/mol. The maximum absolute atomic E-state index is 5.79. The summed E-state index contributed by atoms with van der Waals surface area (Å²) in [5.74, 6) is 1.26. The molecule has 0 aliphatic rings. The van der Waals surface area contributed by atoms with Crippen molar-refractivity contribution in [3.8, 4) is 5.82 Å². The Balaban J connectivity index is 2.65. The summed E-state index contributed by atoms with van der Waals surface area (Å²) in [5.41, 5.74) is 10.1. The van der Waals surface area contributed by atoms with E-state index in [0.29, 0.717) is 5.82 Å². The first-order valence-electron chi connectivity index (χ1n) is 5.68. The minimum Gasteiger partial charge on any atom is -0.383 e. The molecule has 0 saturated carbocycles. The molecule has 2 heterocycles. The number of rotatable bonds is 2. The molecular formula is C12H17N5. The summed E-state index contributed by atoms with van der Waals surface area (Å²) in [6.45, 7) is 8.11. The molecule has 2 aromatic rings. The number of nitrogen functional groups attached to an aromatic ring is 1. The summed E-state index contributed by atoms with van der Waals surface area (Å²) < 4.78 is 1.85. The SMILES string of the molecule is CCc1c(C)nn(-c2ncnc(N)c2C)c1C. The largest absolute Gasteiger partial charge is 0.383 e. The van der Waals surface area contributed by atoms with Crippen LogP contribution in [0.25, 0.3) is 5.82 Å². The van der Waals surface area contributed by atoms with Crippen LogP contribution in [0.3, 0.4) is 0 Å². The van der Waals surface area contributed by atoms with Crippen LogP contribution in [0.2, 0.25) is 0 Å². The van der Waals surface area contributed by atoms with Gasteiger partial charge in [-0.2, -0.15) is 5.10 Å². The highest BCUT2D eigenvalue weighted by Crippen LogP contribution is 2.20. The van der Waals surface area contributed by atoms with E-state index in [1.54, 1.807) is 0 Å². The first-order chi connectivity index (χ1) is 8.06. The fourth-order valence-corrected chi connectivity index (χ4v) is 2.06. The van der Waals surface area contributed by atoms with Crippen molar-refractivity contribution in [1.29, 1.82) is 0 Å². The van der Waals surface area contributed by atoms with Crippen molar-refractivity contribution in [3.63, 3.8) is 0 Å². The van der Waals surface area contributed by atoms with Gasteiger partial charge in [-0.15, -0.1) is 0 Å². The molecule has 0 bridgehead atoms. The summed E-state index contributed by atoms with van der Waals surface area (Å²) >= 11 is 0. The lowest BCUT2D eigenvalue weighted by Gasteiger charge is -2.08. The number of aromatic nitrogens is 4. The van der Waals surface area contributed by atoms with Crippen LogP contribution in [0.15, 0.2) is 6.33 Å². The van der Waals surface area contributed by atoms with E-state index in [4.69, 9.17) is 5.73 Å². The van der Waals surface area contributed by atoms with E-state index in [2.05, 4.69) is 28.9 Å². The number of aryl methyl sites for hydroxylation is 1. The molecule has 5 heteroatoms. The Morgan fingerprint density at radius 2 is 1.94 bits per heavy atom. The van der Waals surface area contributed by atoms with Crippen LogP contribution in [-0.4, -0.2) is 19.7 Å². The summed E-state index contributed by atoms with van der Waals surface area (Å²) in [5, 5.41) is 4.52. The third-order valence-electron chi connectivity index (χ3n) is 3.09. The van der Waals surface area contributed by atoms with Gasteiger partial charge in [-0.25, -0.2) is 14.6 Å². The minimum absolute atomic E-state index is 0.501. The predicted octanol–water partition coefficient (Wildman–Crippen LogP) is 1.73. The molecule has 2 N–H and O–H groups in total. The molecule has 5 nitrogen and oxygen atoms in total. The summed E-state index contributed by atoms with van der Waals surface area (Å²) in [6, 6.07) is 0. The molecule has 2 aromatic heterocycles. The number of nitrogens with two attached hydrogens (primary N) is 1. The van der Waals surface area contributed by atoms with Crippen molar-refractivity contribution >= 4 is 5.82 Å². The Bertz CT molecular complexity index is 556. The lowest BCUT2D eigenvalue weighted by molar-refractivity contribution is 0.793. The zero-order valence-electron chi connectivity index (χ0n) is 10.7. The summed E-state index contributed by atoms with van der Waals surface area (Å²) in [7, 11) is 0. The van der Waals surface area contributed by atoms with Gasteiger partial charge < -0.3 is 5.73 Å². The Labute approximate surface area is 101 Å². The molecule has 0 radical (unpaired) electrons. The molecule has 0 aromatic carbocycles. The average Bonchev–Trinajstić information content (AvgIpc) is 2.58. The van der Waals surface area contributed by atoms with Gasteiger partial charge in [0.15, 0.2) is 5.82 Å². The van der Waals surface area contributed by atoms with Crippen molar-refractivity contribution in [2.45, 2.75) is 34.1 Å². The second-order valence-electron chi connectivity index (χ2n) is 4.12. The van der Waals surface area contributed by atoms with Crippen molar-refractivity contribution in [2.24, 2.45) is 0 Å². The maximum Gasteiger partial charge on any atom is 0.162 e. The number of anilines is 1. The summed E-state index contributed by atoms with van der Waals surface area (Å²) in [6.07, 6.45) is 2.44. The van der Waals surface area contributed by atoms with Gasteiger partial charge >= 0.3 is 0 Å².